The third-order valence-corrected chi connectivity index (χ3v) is 12.0. The zero-order valence-electron chi connectivity index (χ0n) is 36.6. The number of carbonyl (C=O) groups is 6. The number of fused-ring (bicyclic) bond motifs is 5. The molecule has 1 saturated heterocycles. The predicted octanol–water partition coefficient (Wildman–Crippen LogP) is 2.85. The van der Waals surface area contributed by atoms with E-state index in [0.717, 1.165) is 20.3 Å². The van der Waals surface area contributed by atoms with Gasteiger partial charge < -0.3 is 59.2 Å². The molecular formula is C45H45CoFN5O15-. The number of pyridine rings is 2. The van der Waals surface area contributed by atoms with Crippen molar-refractivity contribution in [1.82, 2.24) is 20.2 Å². The number of benzene rings is 2. The SMILES string of the molecule is CC[C@@]1(O)C(=O)OCc2c1cc1n(c2=O)Cc2c-1nc1cc(F)c(C)c3c1c2[C@@H](NC(=O)OCc1ccc(O[C@@H]2OC(C(=O)O)[C@@H](OC(C)=O)[CH-]C2OC(C)=O)c(NC(=O)CNC)c1)CC3.[Co]. The topological polar surface area (TPSA) is 269 Å². The number of alkyl carbamates (subject to hydrolysis) is 1. The third kappa shape index (κ3) is 9.05. The van der Waals surface area contributed by atoms with E-state index in [4.69, 9.17) is 33.4 Å². The number of cyclic esters (lactones) is 1. The fraction of sp³-hybridized carbons (Fsp3) is 0.400. The van der Waals surface area contributed by atoms with E-state index in [1.165, 1.54) is 28.8 Å². The fourth-order valence-corrected chi connectivity index (χ4v) is 8.93. The second-order valence-corrected chi connectivity index (χ2v) is 16.3. The van der Waals surface area contributed by atoms with Crippen LogP contribution in [-0.4, -0.2) is 93.8 Å². The molecule has 3 aliphatic heterocycles. The van der Waals surface area contributed by atoms with E-state index in [0.29, 0.717) is 62.9 Å². The Hall–Kier alpha value is -6.46. The molecule has 2 aromatic carbocycles. The monoisotopic (exact) mass is 973 g/mol. The van der Waals surface area contributed by atoms with Crippen LogP contribution in [0.5, 0.6) is 5.75 Å². The van der Waals surface area contributed by atoms with E-state index < -0.39 is 83.5 Å². The summed E-state index contributed by atoms with van der Waals surface area (Å²) in [4.78, 5) is 94.0. The summed E-state index contributed by atoms with van der Waals surface area (Å²) in [5.74, 6) is -5.02. The van der Waals surface area contributed by atoms with Crippen molar-refractivity contribution < 1.29 is 88.6 Å². The van der Waals surface area contributed by atoms with E-state index in [-0.39, 0.29) is 72.1 Å². The molecule has 4 aromatic rings. The predicted molar refractivity (Wildman–Crippen MR) is 225 cm³/mol. The first-order valence-electron chi connectivity index (χ1n) is 21.0. The minimum absolute atomic E-state index is 0. The van der Waals surface area contributed by atoms with Crippen LogP contribution in [-0.2, 0) is 96.2 Å². The van der Waals surface area contributed by atoms with Gasteiger partial charge in [-0.25, -0.2) is 30.2 Å². The first-order chi connectivity index (χ1) is 31.4. The van der Waals surface area contributed by atoms with Gasteiger partial charge in [-0.2, -0.15) is 0 Å². The summed E-state index contributed by atoms with van der Waals surface area (Å²) in [6, 6.07) is 6.50. The molecule has 1 radical (unpaired) electrons. The van der Waals surface area contributed by atoms with Crippen LogP contribution in [0.1, 0.15) is 78.6 Å². The molecule has 1 aliphatic carbocycles. The summed E-state index contributed by atoms with van der Waals surface area (Å²) in [6.45, 7) is 4.68. The molecule has 22 heteroatoms. The number of carbonyl (C=O) groups excluding carboxylic acids is 5. The smallest absolute Gasteiger partial charge is 0.407 e. The minimum Gasteiger partial charge on any atom is -0.492 e. The third-order valence-electron chi connectivity index (χ3n) is 12.0. The molecule has 0 bridgehead atoms. The number of carboxylic acids is 1. The Balaban J connectivity index is 0.00000666. The Bertz CT molecular complexity index is 2800. The molecule has 0 spiro atoms. The van der Waals surface area contributed by atoms with Crippen LogP contribution in [0.4, 0.5) is 14.9 Å². The summed E-state index contributed by atoms with van der Waals surface area (Å²) in [6.07, 6.45) is -5.20. The number of rotatable bonds is 12. The Morgan fingerprint density at radius 1 is 1.04 bits per heavy atom. The zero-order chi connectivity index (χ0) is 47.4. The van der Waals surface area contributed by atoms with Gasteiger partial charge in [0.15, 0.2) is 11.7 Å². The minimum atomic E-state index is -2.06. The molecule has 5 N–H and O–H groups in total. The van der Waals surface area contributed by atoms with E-state index in [1.54, 1.807) is 27.0 Å². The van der Waals surface area contributed by atoms with Gasteiger partial charge in [-0.15, -0.1) is 0 Å². The number of nitrogens with zero attached hydrogens (tertiary/aromatic N) is 2. The number of aliphatic carboxylic acids is 1. The van der Waals surface area contributed by atoms with Crippen LogP contribution < -0.4 is 26.2 Å². The molecule has 8 rings (SSSR count). The van der Waals surface area contributed by atoms with Gasteiger partial charge in [-0.1, -0.05) is 13.0 Å². The molecular weight excluding hydrogens is 928 g/mol. The average molecular weight is 974 g/mol. The summed E-state index contributed by atoms with van der Waals surface area (Å²) in [5.41, 5.74) is 1.39. The van der Waals surface area contributed by atoms with Crippen molar-refractivity contribution in [3.8, 4) is 17.1 Å². The molecule has 0 saturated carbocycles. The summed E-state index contributed by atoms with van der Waals surface area (Å²) in [7, 11) is 1.55. The van der Waals surface area contributed by atoms with Gasteiger partial charge in [0, 0.05) is 65.4 Å². The van der Waals surface area contributed by atoms with Crippen molar-refractivity contribution in [2.24, 2.45) is 0 Å². The Morgan fingerprint density at radius 3 is 2.46 bits per heavy atom. The number of likely N-dealkylation sites (N-methyl/N-ethyl adjacent to an activating group) is 1. The number of hydrogen-bond donors (Lipinski definition) is 5. The molecule has 20 nitrogen and oxygen atoms in total. The number of anilines is 1. The maximum Gasteiger partial charge on any atom is 0.407 e. The van der Waals surface area contributed by atoms with E-state index in [2.05, 4.69) is 16.0 Å². The van der Waals surface area contributed by atoms with Gasteiger partial charge in [0.25, 0.3) is 17.5 Å². The molecule has 2 aromatic heterocycles. The van der Waals surface area contributed by atoms with Crippen LogP contribution in [0.25, 0.3) is 22.3 Å². The first-order valence-corrected chi connectivity index (χ1v) is 21.0. The van der Waals surface area contributed by atoms with Crippen molar-refractivity contribution >= 4 is 52.5 Å². The number of amides is 2. The number of halogens is 1. The van der Waals surface area contributed by atoms with Gasteiger partial charge in [0.2, 0.25) is 12.2 Å². The quantitative estimate of drug-likeness (QED) is 0.0683. The molecule has 2 amide bonds. The van der Waals surface area contributed by atoms with Crippen LogP contribution in [0.3, 0.4) is 0 Å². The molecule has 1 fully saturated rings. The van der Waals surface area contributed by atoms with E-state index in [1.807, 2.05) is 0 Å². The summed E-state index contributed by atoms with van der Waals surface area (Å²) < 4.78 is 49.8. The average Bonchev–Trinajstić information content (AvgIpc) is 3.63. The largest absolute Gasteiger partial charge is 0.492 e. The van der Waals surface area contributed by atoms with Crippen molar-refractivity contribution in [3.05, 3.63) is 91.9 Å². The van der Waals surface area contributed by atoms with E-state index >= 15 is 4.39 Å². The van der Waals surface area contributed by atoms with Gasteiger partial charge in [-0.05, 0) is 73.7 Å². The van der Waals surface area contributed by atoms with E-state index in [9.17, 15) is 43.8 Å². The molecule has 2 unspecified atom stereocenters. The molecule has 67 heavy (non-hydrogen) atoms. The number of esters is 3. The maximum atomic E-state index is 15.4. The molecule has 4 aliphatic rings. The molecule has 357 valence electrons. The number of nitrogens with one attached hydrogen (secondary N) is 3. The van der Waals surface area contributed by atoms with Gasteiger partial charge in [0.1, 0.15) is 24.8 Å². The summed E-state index contributed by atoms with van der Waals surface area (Å²) >= 11 is 0. The van der Waals surface area contributed by atoms with Crippen LogP contribution in [0.2, 0.25) is 0 Å². The van der Waals surface area contributed by atoms with Crippen LogP contribution in [0.15, 0.2) is 35.1 Å². The number of aromatic nitrogens is 2. The number of hydrogen-bond acceptors (Lipinski definition) is 16. The normalized spacial score (nSPS) is 22.2. The number of aliphatic hydroxyl groups is 1. The molecule has 5 heterocycles. The Kier molecular flexibility index (Phi) is 13.8. The molecule has 6 atom stereocenters. The van der Waals surface area contributed by atoms with Crippen LogP contribution >= 0.6 is 0 Å². The van der Waals surface area contributed by atoms with Gasteiger partial charge in [0.05, 0.1) is 47.3 Å². The van der Waals surface area contributed by atoms with Crippen molar-refractivity contribution in [3.63, 3.8) is 0 Å². The summed E-state index contributed by atoms with van der Waals surface area (Å²) in [5, 5.41) is 30.2. The second kappa shape index (κ2) is 19.0. The van der Waals surface area contributed by atoms with Crippen molar-refractivity contribution in [2.75, 3.05) is 18.9 Å². The van der Waals surface area contributed by atoms with Crippen LogP contribution in [0, 0.1) is 19.2 Å². The van der Waals surface area contributed by atoms with Crippen molar-refractivity contribution in [1.29, 1.82) is 0 Å². The van der Waals surface area contributed by atoms with Crippen molar-refractivity contribution in [2.45, 2.75) is 103 Å². The van der Waals surface area contributed by atoms with Gasteiger partial charge in [-0.3, -0.25) is 19.2 Å². The Labute approximate surface area is 391 Å². The standard InChI is InChI=1S/C45H45FN5O15.Co/c1-6-45(60)26-12-31-38-24(16-51(31)40(55)25(26)18-61-43(45)58)37-28(9-8-23-19(2)27(46)13-30(49-38)36(23)37)50-44(59)62-17-22-7-10-32(29(11-22)48-35(54)15-47-5)65-42-34(64-21(4)53)14-33(63-20(3)52)39(66-42)41(56)57;/h7,10-14,28,33-34,39,42,47,60H,6,8-9,15-18H2,1-5H3,(H,48,54)(H,50,59)(H,56,57);/q-1;/t28-,33-,34?,39?,42+,45-;/m0./s1. The maximum absolute atomic E-state index is 15.4. The number of ether oxygens (including phenoxy) is 6. The second-order valence-electron chi connectivity index (χ2n) is 16.3. The zero-order valence-corrected chi connectivity index (χ0v) is 37.6. The fourth-order valence-electron chi connectivity index (χ4n) is 8.93. The van der Waals surface area contributed by atoms with Gasteiger partial charge >= 0.3 is 18.0 Å². The number of carboxylic acid groups (broad SMARTS) is 1. The number of aryl methyl sites for hydroxylation is 1. The first kappa shape index (κ1) is 48.5. The Morgan fingerprint density at radius 2 is 1.78 bits per heavy atom.